The van der Waals surface area contributed by atoms with Gasteiger partial charge in [0.1, 0.15) is 0 Å². The monoisotopic (exact) mass is 174 g/mol. The number of hydrazine groups is 1. The van der Waals surface area contributed by atoms with Gasteiger partial charge in [0, 0.05) is 13.1 Å². The maximum Gasteiger partial charge on any atom is 0.277 e. The Morgan fingerprint density at radius 2 is 2.42 bits per heavy atom. The van der Waals surface area contributed by atoms with Crippen LogP contribution in [0.3, 0.4) is 0 Å². The molecule has 1 heterocycles. The van der Waals surface area contributed by atoms with Crippen molar-refractivity contribution in [2.45, 2.75) is 0 Å². The molecule has 1 aromatic heterocycles. The lowest BCUT2D eigenvalue weighted by Crippen LogP contribution is -2.37. The topological polar surface area (TPSA) is 82.9 Å². The lowest BCUT2D eigenvalue weighted by Gasteiger charge is -2.13. The molecule has 68 valence electrons. The number of nitrogens with one attached hydrogen (secondary N) is 2. The summed E-state index contributed by atoms with van der Waals surface area (Å²) < 4.78 is 12.7. The van der Waals surface area contributed by atoms with E-state index in [9.17, 15) is 4.39 Å². The van der Waals surface area contributed by atoms with Crippen molar-refractivity contribution in [1.82, 2.24) is 20.7 Å². The average molecular weight is 174 g/mol. The summed E-state index contributed by atoms with van der Waals surface area (Å²) >= 11 is 0. The minimum absolute atomic E-state index is 0.0326. The van der Waals surface area contributed by atoms with Crippen molar-refractivity contribution in [2.24, 2.45) is 5.84 Å². The number of rotatable bonds is 4. The number of nitrogens with zero attached hydrogens (tertiary/aromatic N) is 3. The Morgan fingerprint density at radius 3 is 2.92 bits per heavy atom. The fourth-order valence-electron chi connectivity index (χ4n) is 0.733. The third kappa shape index (κ3) is 1.89. The molecule has 0 atom stereocenters. The first-order chi connectivity index (χ1) is 5.75. The van der Waals surface area contributed by atoms with Crippen LogP contribution in [0.15, 0.2) is 0 Å². The first-order valence-corrected chi connectivity index (χ1v) is 3.48. The molecular weight excluding hydrogens is 163 g/mol. The summed E-state index contributed by atoms with van der Waals surface area (Å²) in [5.41, 5.74) is 0. The number of aromatic nitrogens is 3. The second-order valence-electron chi connectivity index (χ2n) is 2.23. The van der Waals surface area contributed by atoms with Gasteiger partial charge in [-0.15, -0.1) is 10.2 Å². The third-order valence-corrected chi connectivity index (χ3v) is 1.36. The van der Waals surface area contributed by atoms with Crippen LogP contribution >= 0.6 is 0 Å². The van der Waals surface area contributed by atoms with Gasteiger partial charge < -0.3 is 5.32 Å². The maximum atomic E-state index is 12.7. The summed E-state index contributed by atoms with van der Waals surface area (Å²) in [5.74, 6) is 4.80. The number of anilines is 1. The largest absolute Gasteiger partial charge is 0.318 e. The fourth-order valence-corrected chi connectivity index (χ4v) is 0.733. The van der Waals surface area contributed by atoms with Crippen molar-refractivity contribution in [2.75, 3.05) is 25.1 Å². The summed E-state index contributed by atoms with van der Waals surface area (Å²) in [4.78, 5) is 0. The quantitative estimate of drug-likeness (QED) is 0.396. The maximum absolute atomic E-state index is 12.7. The minimum Gasteiger partial charge on any atom is -0.318 e. The van der Waals surface area contributed by atoms with Crippen LogP contribution in [0.4, 0.5) is 10.2 Å². The summed E-state index contributed by atoms with van der Waals surface area (Å²) in [6.45, 7) is 1.13. The van der Waals surface area contributed by atoms with Crippen LogP contribution in [0.25, 0.3) is 0 Å². The van der Waals surface area contributed by atoms with Crippen molar-refractivity contribution in [1.29, 1.82) is 0 Å². The zero-order chi connectivity index (χ0) is 8.97. The number of halogens is 1. The van der Waals surface area contributed by atoms with Crippen LogP contribution in [0.2, 0.25) is 0 Å². The molecule has 0 bridgehead atoms. The molecule has 1 rings (SSSR count). The SMILES string of the molecule is CNCCN(N)c1n[nH]nc1F. The van der Waals surface area contributed by atoms with Crippen molar-refractivity contribution < 1.29 is 4.39 Å². The van der Waals surface area contributed by atoms with Gasteiger partial charge >= 0.3 is 0 Å². The van der Waals surface area contributed by atoms with E-state index in [1.807, 2.05) is 0 Å². The van der Waals surface area contributed by atoms with E-state index in [-0.39, 0.29) is 5.82 Å². The molecule has 0 aliphatic carbocycles. The molecule has 0 aromatic carbocycles. The van der Waals surface area contributed by atoms with Crippen LogP contribution in [0.5, 0.6) is 0 Å². The lowest BCUT2D eigenvalue weighted by molar-refractivity contribution is 0.573. The van der Waals surface area contributed by atoms with Crippen molar-refractivity contribution in [3.63, 3.8) is 0 Å². The van der Waals surface area contributed by atoms with Gasteiger partial charge in [-0.1, -0.05) is 0 Å². The number of nitrogens with two attached hydrogens (primary N) is 1. The zero-order valence-electron chi connectivity index (χ0n) is 6.71. The highest BCUT2D eigenvalue weighted by atomic mass is 19.1. The molecule has 4 N–H and O–H groups in total. The highest BCUT2D eigenvalue weighted by molar-refractivity contribution is 5.32. The van der Waals surface area contributed by atoms with Crippen molar-refractivity contribution in [3.05, 3.63) is 5.95 Å². The predicted molar refractivity (Wildman–Crippen MR) is 41.8 cm³/mol. The van der Waals surface area contributed by atoms with Gasteiger partial charge in [0.2, 0.25) is 5.82 Å². The number of hydrogen-bond donors (Lipinski definition) is 3. The van der Waals surface area contributed by atoms with Gasteiger partial charge in [-0.05, 0) is 7.05 Å². The Kier molecular flexibility index (Phi) is 2.94. The lowest BCUT2D eigenvalue weighted by atomic mass is 10.5. The van der Waals surface area contributed by atoms with E-state index >= 15 is 0 Å². The number of likely N-dealkylation sites (N-methyl/N-ethyl adjacent to an activating group) is 1. The standard InChI is InChI=1S/C5H11FN6/c1-8-2-3-12(7)5-4(6)9-11-10-5/h8H,2-3,7H2,1H3,(H,9,10,11). The third-order valence-electron chi connectivity index (χ3n) is 1.36. The van der Waals surface area contributed by atoms with Crippen molar-refractivity contribution >= 4 is 5.82 Å². The molecule has 1 aromatic rings. The van der Waals surface area contributed by atoms with E-state index in [1.165, 1.54) is 5.01 Å². The fraction of sp³-hybridized carbons (Fsp3) is 0.600. The molecule has 0 aliphatic rings. The minimum atomic E-state index is -0.686. The number of H-pyrrole nitrogens is 1. The van der Waals surface area contributed by atoms with Crippen molar-refractivity contribution in [3.8, 4) is 0 Å². The highest BCUT2D eigenvalue weighted by Crippen LogP contribution is 2.07. The molecule has 0 aliphatic heterocycles. The van der Waals surface area contributed by atoms with Crippen LogP contribution < -0.4 is 16.2 Å². The Balaban J connectivity index is 2.52. The van der Waals surface area contributed by atoms with E-state index in [4.69, 9.17) is 5.84 Å². The van der Waals surface area contributed by atoms with E-state index in [2.05, 4.69) is 20.7 Å². The summed E-state index contributed by atoms with van der Waals surface area (Å²) in [6.07, 6.45) is 0. The molecule has 0 radical (unpaired) electrons. The Hall–Kier alpha value is -1.21. The summed E-state index contributed by atoms with van der Waals surface area (Å²) in [6, 6.07) is 0. The van der Waals surface area contributed by atoms with E-state index in [0.29, 0.717) is 13.1 Å². The Morgan fingerprint density at radius 1 is 1.67 bits per heavy atom. The molecule has 0 saturated heterocycles. The second kappa shape index (κ2) is 3.98. The van der Waals surface area contributed by atoms with E-state index in [1.54, 1.807) is 7.05 Å². The summed E-state index contributed by atoms with van der Waals surface area (Å²) in [7, 11) is 1.78. The number of aromatic amines is 1. The molecule has 7 heteroatoms. The molecule has 0 fully saturated rings. The molecule has 0 spiro atoms. The first-order valence-electron chi connectivity index (χ1n) is 3.48. The second-order valence-corrected chi connectivity index (χ2v) is 2.23. The van der Waals surface area contributed by atoms with Crippen LogP contribution in [0, 0.1) is 5.95 Å². The predicted octanol–water partition coefficient (Wildman–Crippen LogP) is -1.16. The van der Waals surface area contributed by atoms with Crippen LogP contribution in [-0.4, -0.2) is 35.5 Å². The molecular formula is C5H11FN6. The molecule has 12 heavy (non-hydrogen) atoms. The normalized spacial score (nSPS) is 10.2. The van der Waals surface area contributed by atoms with Gasteiger partial charge in [-0.3, -0.25) is 5.01 Å². The first kappa shape index (κ1) is 8.88. The Labute approximate surface area is 68.9 Å². The molecule has 6 nitrogen and oxygen atoms in total. The molecule has 0 saturated carbocycles. The highest BCUT2D eigenvalue weighted by Gasteiger charge is 2.11. The van der Waals surface area contributed by atoms with Gasteiger partial charge in [0.25, 0.3) is 5.95 Å². The van der Waals surface area contributed by atoms with Gasteiger partial charge in [0.05, 0.1) is 0 Å². The smallest absolute Gasteiger partial charge is 0.277 e. The molecule has 0 amide bonds. The Bertz CT molecular complexity index is 236. The average Bonchev–Trinajstić information content (AvgIpc) is 2.47. The zero-order valence-corrected chi connectivity index (χ0v) is 6.71. The van der Waals surface area contributed by atoms with Crippen LogP contribution in [-0.2, 0) is 0 Å². The summed E-state index contributed by atoms with van der Waals surface area (Å²) in [5, 5.41) is 12.9. The van der Waals surface area contributed by atoms with E-state index in [0.717, 1.165) is 0 Å². The number of hydrogen-bond acceptors (Lipinski definition) is 5. The van der Waals surface area contributed by atoms with E-state index < -0.39 is 5.95 Å². The van der Waals surface area contributed by atoms with Gasteiger partial charge in [-0.25, -0.2) is 5.84 Å². The van der Waals surface area contributed by atoms with Crippen LogP contribution in [0.1, 0.15) is 0 Å². The van der Waals surface area contributed by atoms with Gasteiger partial charge in [-0.2, -0.15) is 9.60 Å². The van der Waals surface area contributed by atoms with Gasteiger partial charge in [0.15, 0.2) is 0 Å². The molecule has 0 unspecified atom stereocenters.